The summed E-state index contributed by atoms with van der Waals surface area (Å²) in [4.78, 5) is 27.3. The van der Waals surface area contributed by atoms with Gasteiger partial charge in [0.15, 0.2) is 5.84 Å². The Labute approximate surface area is 194 Å². The van der Waals surface area contributed by atoms with Crippen LogP contribution in [0.25, 0.3) is 6.08 Å². The fourth-order valence-corrected chi connectivity index (χ4v) is 4.36. The lowest BCUT2D eigenvalue weighted by molar-refractivity contribution is -0.385. The zero-order chi connectivity index (χ0) is 23.5. The molecule has 2 aromatic carbocycles. The summed E-state index contributed by atoms with van der Waals surface area (Å²) >= 11 is 1.33. The molecule has 2 aromatic rings. The third kappa shape index (κ3) is 5.01. The fraction of sp³-hybridized carbons (Fsp3) is 0.217. The molecule has 0 aliphatic carbocycles. The predicted molar refractivity (Wildman–Crippen MR) is 128 cm³/mol. The molecule has 1 amide bonds. The maximum atomic E-state index is 12.5. The van der Waals surface area contributed by atoms with Crippen molar-refractivity contribution in [2.45, 2.75) is 26.9 Å². The first-order valence-electron chi connectivity index (χ1n) is 10.3. The molecule has 0 spiro atoms. The number of aliphatic imine (C=N–C) groups is 1. The van der Waals surface area contributed by atoms with E-state index in [0.717, 1.165) is 11.5 Å². The van der Waals surface area contributed by atoms with Crippen molar-refractivity contribution in [3.63, 3.8) is 0 Å². The monoisotopic (exact) mass is 463 g/mol. The highest BCUT2D eigenvalue weighted by atomic mass is 32.2. The smallest absolute Gasteiger partial charge is 0.283 e. The zero-order valence-electron chi connectivity index (χ0n) is 18.0. The second-order valence-corrected chi connectivity index (χ2v) is 8.90. The Morgan fingerprint density at radius 1 is 1.21 bits per heavy atom. The molecular formula is C23H21N5O4S. The molecule has 1 N–H and O–H groups in total. The Morgan fingerprint density at radius 3 is 2.64 bits per heavy atom. The average molecular weight is 464 g/mol. The highest BCUT2D eigenvalue weighted by molar-refractivity contribution is 8.26. The first-order valence-corrected chi connectivity index (χ1v) is 11.1. The number of benzene rings is 2. The summed E-state index contributed by atoms with van der Waals surface area (Å²) in [5.41, 5.74) is 1.33. The number of nitrogens with one attached hydrogen (secondary N) is 1. The summed E-state index contributed by atoms with van der Waals surface area (Å²) in [6.07, 6.45) is 2.35. The summed E-state index contributed by atoms with van der Waals surface area (Å²) < 4.78 is 5.69. The SMILES string of the molecule is CC(C)CC1=NN2C(=N)/C(=C/c3ccc(OCc4ccccc4[N+](=O)[O-])cc3)C(=O)N=C2S1. The van der Waals surface area contributed by atoms with Gasteiger partial charge in [-0.05, 0) is 47.5 Å². The van der Waals surface area contributed by atoms with Crippen LogP contribution in [-0.2, 0) is 11.4 Å². The Bertz CT molecular complexity index is 1220. The van der Waals surface area contributed by atoms with E-state index in [4.69, 9.17) is 10.1 Å². The van der Waals surface area contributed by atoms with Gasteiger partial charge in [-0.15, -0.1) is 0 Å². The maximum absolute atomic E-state index is 12.5. The number of nitro groups is 1. The molecule has 4 rings (SSSR count). The fourth-order valence-electron chi connectivity index (χ4n) is 3.26. The molecule has 0 radical (unpaired) electrons. The number of hydrogen-bond acceptors (Lipinski definition) is 7. The molecule has 0 unspecified atom stereocenters. The molecule has 2 aliphatic rings. The quantitative estimate of drug-likeness (QED) is 0.356. The third-order valence-electron chi connectivity index (χ3n) is 4.85. The van der Waals surface area contributed by atoms with Gasteiger partial charge in [-0.3, -0.25) is 20.3 Å². The minimum atomic E-state index is -0.475. The topological polar surface area (TPSA) is 121 Å². The number of amidine groups is 2. The number of fused-ring (bicyclic) bond motifs is 1. The van der Waals surface area contributed by atoms with Gasteiger partial charge in [0, 0.05) is 12.5 Å². The number of carbonyl (C=O) groups is 1. The van der Waals surface area contributed by atoms with Crippen molar-refractivity contribution in [2.75, 3.05) is 0 Å². The molecule has 0 bridgehead atoms. The van der Waals surface area contributed by atoms with E-state index in [1.54, 1.807) is 48.5 Å². The van der Waals surface area contributed by atoms with Crippen molar-refractivity contribution in [3.05, 3.63) is 75.3 Å². The van der Waals surface area contributed by atoms with Crippen LogP contribution in [0.1, 0.15) is 31.4 Å². The normalized spacial score (nSPS) is 16.7. The predicted octanol–water partition coefficient (Wildman–Crippen LogP) is 4.84. The van der Waals surface area contributed by atoms with Gasteiger partial charge in [0.05, 0.1) is 16.1 Å². The van der Waals surface area contributed by atoms with Gasteiger partial charge in [0.2, 0.25) is 5.17 Å². The molecule has 0 fully saturated rings. The van der Waals surface area contributed by atoms with Crippen molar-refractivity contribution in [1.82, 2.24) is 5.01 Å². The summed E-state index contributed by atoms with van der Waals surface area (Å²) in [6.45, 7) is 4.22. The van der Waals surface area contributed by atoms with E-state index >= 15 is 0 Å². The van der Waals surface area contributed by atoms with Crippen molar-refractivity contribution in [3.8, 4) is 5.75 Å². The molecule has 168 valence electrons. The zero-order valence-corrected chi connectivity index (χ0v) is 18.8. The molecule has 0 aromatic heterocycles. The van der Waals surface area contributed by atoms with Crippen LogP contribution in [0.3, 0.4) is 0 Å². The van der Waals surface area contributed by atoms with Gasteiger partial charge in [-0.2, -0.15) is 15.1 Å². The number of amides is 1. The van der Waals surface area contributed by atoms with E-state index in [1.165, 1.54) is 22.8 Å². The van der Waals surface area contributed by atoms with Crippen molar-refractivity contribution in [1.29, 1.82) is 5.41 Å². The van der Waals surface area contributed by atoms with Gasteiger partial charge in [-0.1, -0.05) is 38.1 Å². The van der Waals surface area contributed by atoms with Gasteiger partial charge in [0.1, 0.15) is 17.4 Å². The number of thioether (sulfide) groups is 1. The van der Waals surface area contributed by atoms with Gasteiger partial charge in [0.25, 0.3) is 11.6 Å². The molecular weight excluding hydrogens is 442 g/mol. The molecule has 0 atom stereocenters. The Balaban J connectivity index is 1.47. The lowest BCUT2D eigenvalue weighted by Crippen LogP contribution is -2.35. The van der Waals surface area contributed by atoms with Crippen LogP contribution in [0.5, 0.6) is 5.75 Å². The van der Waals surface area contributed by atoms with E-state index in [1.807, 2.05) is 0 Å². The van der Waals surface area contributed by atoms with Crippen LogP contribution >= 0.6 is 11.8 Å². The van der Waals surface area contributed by atoms with E-state index in [9.17, 15) is 14.9 Å². The minimum Gasteiger partial charge on any atom is -0.489 e. The first kappa shape index (κ1) is 22.4. The molecule has 33 heavy (non-hydrogen) atoms. The number of hydrazone groups is 1. The molecule has 0 saturated heterocycles. The summed E-state index contributed by atoms with van der Waals surface area (Å²) in [5, 5.41) is 26.7. The van der Waals surface area contributed by atoms with Crippen molar-refractivity contribution in [2.24, 2.45) is 16.0 Å². The minimum absolute atomic E-state index is 0.00651. The van der Waals surface area contributed by atoms with E-state index in [2.05, 4.69) is 23.9 Å². The summed E-state index contributed by atoms with van der Waals surface area (Å²) in [7, 11) is 0. The highest BCUT2D eigenvalue weighted by Crippen LogP contribution is 2.30. The molecule has 10 heteroatoms. The Hall–Kier alpha value is -3.79. The number of carbonyl (C=O) groups excluding carboxylic acids is 1. The maximum Gasteiger partial charge on any atom is 0.283 e. The van der Waals surface area contributed by atoms with Gasteiger partial charge in [-0.25, -0.2) is 0 Å². The number of para-hydroxylation sites is 1. The molecule has 2 heterocycles. The van der Waals surface area contributed by atoms with Crippen LogP contribution in [0, 0.1) is 21.4 Å². The summed E-state index contributed by atoms with van der Waals surface area (Å²) in [6, 6.07) is 13.3. The number of ether oxygens (including phenoxy) is 1. The van der Waals surface area contributed by atoms with Gasteiger partial charge < -0.3 is 4.74 Å². The molecule has 9 nitrogen and oxygen atoms in total. The van der Waals surface area contributed by atoms with Crippen LogP contribution in [0.2, 0.25) is 0 Å². The van der Waals surface area contributed by atoms with Crippen LogP contribution in [0.15, 0.2) is 64.2 Å². The largest absolute Gasteiger partial charge is 0.489 e. The number of rotatable bonds is 7. The average Bonchev–Trinajstić information content (AvgIpc) is 3.17. The number of nitro benzene ring substituents is 1. The number of nitrogens with zero attached hydrogens (tertiary/aromatic N) is 4. The van der Waals surface area contributed by atoms with E-state index in [-0.39, 0.29) is 23.7 Å². The Morgan fingerprint density at radius 2 is 1.94 bits per heavy atom. The van der Waals surface area contributed by atoms with E-state index in [0.29, 0.717) is 28.0 Å². The van der Waals surface area contributed by atoms with Gasteiger partial charge >= 0.3 is 0 Å². The van der Waals surface area contributed by atoms with Crippen LogP contribution in [0.4, 0.5) is 5.69 Å². The number of hydrogen-bond donors (Lipinski definition) is 1. The standard InChI is InChI=1S/C23H21N5O4S/c1-14(2)11-20-26-27-21(24)18(22(29)25-23(27)33-20)12-15-7-9-17(10-8-15)32-13-16-5-3-4-6-19(16)28(30)31/h3-10,12,14,24H,11,13H2,1-2H3/b18-12-,24-21?. The van der Waals surface area contributed by atoms with Crippen molar-refractivity contribution >= 4 is 45.5 Å². The summed E-state index contributed by atoms with van der Waals surface area (Å²) in [5.74, 6) is 0.454. The van der Waals surface area contributed by atoms with Crippen LogP contribution in [-0.4, -0.2) is 31.9 Å². The first-order chi connectivity index (χ1) is 15.8. The Kier molecular flexibility index (Phi) is 6.36. The van der Waals surface area contributed by atoms with Crippen LogP contribution < -0.4 is 4.74 Å². The highest BCUT2D eigenvalue weighted by Gasteiger charge is 2.35. The third-order valence-corrected chi connectivity index (χ3v) is 5.78. The molecule has 0 saturated carbocycles. The van der Waals surface area contributed by atoms with Crippen molar-refractivity contribution < 1.29 is 14.5 Å². The molecule has 2 aliphatic heterocycles. The van der Waals surface area contributed by atoms with E-state index < -0.39 is 10.8 Å². The second kappa shape index (κ2) is 9.37. The lowest BCUT2D eigenvalue weighted by Gasteiger charge is -2.20. The lowest BCUT2D eigenvalue weighted by atomic mass is 10.1. The second-order valence-electron chi connectivity index (χ2n) is 7.86.